The smallest absolute Gasteiger partial charge is 0.406 e. The van der Waals surface area contributed by atoms with Crippen LogP contribution in [0.4, 0.5) is 13.2 Å². The Bertz CT molecular complexity index is 762. The van der Waals surface area contributed by atoms with Crippen molar-refractivity contribution in [3.05, 3.63) is 60.2 Å². The molecule has 0 spiro atoms. The summed E-state index contributed by atoms with van der Waals surface area (Å²) < 4.78 is 66.9. The van der Waals surface area contributed by atoms with Gasteiger partial charge in [-0.2, -0.15) is 0 Å². The summed E-state index contributed by atoms with van der Waals surface area (Å²) in [6, 6.07) is 13.8. The summed E-state index contributed by atoms with van der Waals surface area (Å²) >= 11 is 0. The predicted molar refractivity (Wildman–Crippen MR) is 83.1 cm³/mol. The Morgan fingerprint density at radius 3 is 2.38 bits per heavy atom. The molecule has 0 radical (unpaired) electrons. The number of alkyl halides is 3. The zero-order valence-electron chi connectivity index (χ0n) is 12.6. The van der Waals surface area contributed by atoms with E-state index in [2.05, 4.69) is 9.46 Å². The maximum Gasteiger partial charge on any atom is 0.573 e. The summed E-state index contributed by atoms with van der Waals surface area (Å²) in [5.74, 6) is -0.574. The van der Waals surface area contributed by atoms with Crippen LogP contribution >= 0.6 is 0 Å². The zero-order chi connectivity index (χ0) is 17.6. The SMILES string of the molecule is O=S(=O)(NCCCc1ccccc1)c1cccc(OC(F)(F)F)c1. The van der Waals surface area contributed by atoms with E-state index >= 15 is 0 Å². The van der Waals surface area contributed by atoms with Crippen molar-refractivity contribution in [2.75, 3.05) is 6.54 Å². The van der Waals surface area contributed by atoms with Crippen molar-refractivity contribution >= 4 is 10.0 Å². The molecule has 0 aliphatic heterocycles. The number of rotatable bonds is 7. The highest BCUT2D eigenvalue weighted by molar-refractivity contribution is 7.89. The third-order valence-corrected chi connectivity index (χ3v) is 4.59. The molecule has 0 amide bonds. The van der Waals surface area contributed by atoms with Crippen LogP contribution in [0.3, 0.4) is 0 Å². The van der Waals surface area contributed by atoms with Crippen LogP contribution in [-0.2, 0) is 16.4 Å². The van der Waals surface area contributed by atoms with E-state index < -0.39 is 22.1 Å². The lowest BCUT2D eigenvalue weighted by molar-refractivity contribution is -0.274. The highest BCUT2D eigenvalue weighted by Crippen LogP contribution is 2.24. The second-order valence-electron chi connectivity index (χ2n) is 5.01. The molecular weight excluding hydrogens is 343 g/mol. The molecule has 8 heteroatoms. The van der Waals surface area contributed by atoms with Gasteiger partial charge in [-0.1, -0.05) is 36.4 Å². The molecule has 0 aromatic heterocycles. The van der Waals surface area contributed by atoms with Crippen LogP contribution in [0.25, 0.3) is 0 Å². The molecule has 0 bridgehead atoms. The van der Waals surface area contributed by atoms with Crippen LogP contribution in [-0.4, -0.2) is 21.3 Å². The van der Waals surface area contributed by atoms with E-state index in [0.29, 0.717) is 12.8 Å². The Hall–Kier alpha value is -2.06. The summed E-state index contributed by atoms with van der Waals surface area (Å²) in [6.45, 7) is 0.182. The van der Waals surface area contributed by atoms with E-state index in [1.54, 1.807) is 0 Å². The number of halogens is 3. The minimum absolute atomic E-state index is 0.182. The topological polar surface area (TPSA) is 55.4 Å². The summed E-state index contributed by atoms with van der Waals surface area (Å²) in [6.07, 6.45) is -3.60. The molecular formula is C16H16F3NO3S. The van der Waals surface area contributed by atoms with E-state index in [1.807, 2.05) is 30.3 Å². The molecule has 24 heavy (non-hydrogen) atoms. The van der Waals surface area contributed by atoms with E-state index in [-0.39, 0.29) is 11.4 Å². The lowest BCUT2D eigenvalue weighted by Gasteiger charge is -2.11. The minimum Gasteiger partial charge on any atom is -0.406 e. The maximum absolute atomic E-state index is 12.2. The van der Waals surface area contributed by atoms with E-state index in [4.69, 9.17) is 0 Å². The monoisotopic (exact) mass is 359 g/mol. The Labute approximate surface area is 138 Å². The van der Waals surface area contributed by atoms with Crippen molar-refractivity contribution in [1.82, 2.24) is 4.72 Å². The standard InChI is InChI=1S/C16H16F3NO3S/c17-16(18,19)23-14-9-4-10-15(12-14)24(21,22)20-11-5-8-13-6-2-1-3-7-13/h1-4,6-7,9-10,12,20H,5,8,11H2. The van der Waals surface area contributed by atoms with E-state index in [0.717, 1.165) is 17.7 Å². The van der Waals surface area contributed by atoms with Crippen LogP contribution in [0.15, 0.2) is 59.5 Å². The fourth-order valence-corrected chi connectivity index (χ4v) is 3.17. The van der Waals surface area contributed by atoms with Gasteiger partial charge in [0.15, 0.2) is 0 Å². The van der Waals surface area contributed by atoms with Gasteiger partial charge in [0.25, 0.3) is 0 Å². The van der Waals surface area contributed by atoms with Gasteiger partial charge in [0.05, 0.1) is 4.90 Å². The molecule has 2 aromatic rings. The molecule has 0 fully saturated rings. The number of ether oxygens (including phenoxy) is 1. The molecule has 2 aromatic carbocycles. The van der Waals surface area contributed by atoms with Gasteiger partial charge in [-0.3, -0.25) is 0 Å². The summed E-state index contributed by atoms with van der Waals surface area (Å²) in [5, 5.41) is 0. The normalized spacial score (nSPS) is 12.1. The molecule has 0 aliphatic carbocycles. The molecule has 1 N–H and O–H groups in total. The van der Waals surface area contributed by atoms with Crippen molar-refractivity contribution in [2.24, 2.45) is 0 Å². The lowest BCUT2D eigenvalue weighted by Crippen LogP contribution is -2.25. The van der Waals surface area contributed by atoms with Crippen molar-refractivity contribution < 1.29 is 26.3 Å². The molecule has 0 saturated carbocycles. The first-order valence-corrected chi connectivity index (χ1v) is 8.64. The van der Waals surface area contributed by atoms with Gasteiger partial charge in [0, 0.05) is 12.6 Å². The lowest BCUT2D eigenvalue weighted by atomic mass is 10.1. The highest BCUT2D eigenvalue weighted by Gasteiger charge is 2.31. The quantitative estimate of drug-likeness (QED) is 0.770. The number of hydrogen-bond donors (Lipinski definition) is 1. The second kappa shape index (κ2) is 7.67. The van der Waals surface area contributed by atoms with Gasteiger partial charge in [0.1, 0.15) is 5.75 Å². The average Bonchev–Trinajstić information content (AvgIpc) is 2.51. The van der Waals surface area contributed by atoms with Crippen LogP contribution < -0.4 is 9.46 Å². The minimum atomic E-state index is -4.87. The van der Waals surface area contributed by atoms with Crippen molar-refractivity contribution in [3.8, 4) is 5.75 Å². The summed E-state index contributed by atoms with van der Waals surface area (Å²) in [5.41, 5.74) is 1.08. The largest absolute Gasteiger partial charge is 0.573 e. The molecule has 130 valence electrons. The average molecular weight is 359 g/mol. The van der Waals surface area contributed by atoms with Crippen LogP contribution in [0.2, 0.25) is 0 Å². The van der Waals surface area contributed by atoms with Crippen molar-refractivity contribution in [2.45, 2.75) is 24.1 Å². The number of nitrogens with one attached hydrogen (secondary N) is 1. The first-order chi connectivity index (χ1) is 11.3. The molecule has 2 rings (SSSR count). The Balaban J connectivity index is 1.94. The fraction of sp³-hybridized carbons (Fsp3) is 0.250. The van der Waals surface area contributed by atoms with E-state index in [9.17, 15) is 21.6 Å². The van der Waals surface area contributed by atoms with E-state index in [1.165, 1.54) is 12.1 Å². The zero-order valence-corrected chi connectivity index (χ0v) is 13.4. The van der Waals surface area contributed by atoms with Gasteiger partial charge in [-0.25, -0.2) is 13.1 Å². The molecule has 0 atom stereocenters. The Kier molecular flexibility index (Phi) is 5.84. The van der Waals surface area contributed by atoms with Gasteiger partial charge in [-0.05, 0) is 30.5 Å². The maximum atomic E-state index is 12.2. The van der Waals surface area contributed by atoms with Gasteiger partial charge in [-0.15, -0.1) is 13.2 Å². The first kappa shape index (κ1) is 18.3. The fourth-order valence-electron chi connectivity index (χ4n) is 2.07. The Morgan fingerprint density at radius 1 is 1.00 bits per heavy atom. The molecule has 0 saturated heterocycles. The second-order valence-corrected chi connectivity index (χ2v) is 6.78. The van der Waals surface area contributed by atoms with Gasteiger partial charge >= 0.3 is 6.36 Å². The first-order valence-electron chi connectivity index (χ1n) is 7.16. The number of hydrogen-bond acceptors (Lipinski definition) is 3. The molecule has 0 aliphatic rings. The van der Waals surface area contributed by atoms with Crippen LogP contribution in [0, 0.1) is 0 Å². The number of aryl methyl sites for hydroxylation is 1. The molecule has 4 nitrogen and oxygen atoms in total. The summed E-state index contributed by atoms with van der Waals surface area (Å²) in [7, 11) is -3.89. The van der Waals surface area contributed by atoms with Crippen molar-refractivity contribution in [3.63, 3.8) is 0 Å². The predicted octanol–water partition coefficient (Wildman–Crippen LogP) is 3.50. The third kappa shape index (κ3) is 5.86. The Morgan fingerprint density at radius 2 is 1.71 bits per heavy atom. The number of benzene rings is 2. The van der Waals surface area contributed by atoms with Crippen LogP contribution in [0.5, 0.6) is 5.75 Å². The third-order valence-electron chi connectivity index (χ3n) is 3.13. The molecule has 0 heterocycles. The van der Waals surface area contributed by atoms with Crippen molar-refractivity contribution in [1.29, 1.82) is 0 Å². The highest BCUT2D eigenvalue weighted by atomic mass is 32.2. The van der Waals surface area contributed by atoms with Crippen LogP contribution in [0.1, 0.15) is 12.0 Å². The summed E-state index contributed by atoms with van der Waals surface area (Å²) in [4.78, 5) is -0.274. The molecule has 0 unspecified atom stereocenters. The van der Waals surface area contributed by atoms with Gasteiger partial charge < -0.3 is 4.74 Å². The number of sulfonamides is 1. The van der Waals surface area contributed by atoms with Gasteiger partial charge in [0.2, 0.25) is 10.0 Å².